The van der Waals surface area contributed by atoms with Crippen molar-refractivity contribution in [3.8, 4) is 0 Å². The summed E-state index contributed by atoms with van der Waals surface area (Å²) in [4.78, 5) is 0. The van der Waals surface area contributed by atoms with Crippen LogP contribution >= 0.6 is 0 Å². The second kappa shape index (κ2) is 3.46. The van der Waals surface area contributed by atoms with Gasteiger partial charge in [-0.3, -0.25) is 11.3 Å². The minimum Gasteiger partial charge on any atom is -0.271 e. The molecule has 0 heterocycles. The topological polar surface area (TPSA) is 38.0 Å². The molecule has 2 nitrogen and oxygen atoms in total. The molecule has 0 fully saturated rings. The minimum absolute atomic E-state index is 0.205. The van der Waals surface area contributed by atoms with Crippen molar-refractivity contribution in [2.45, 2.75) is 13.5 Å². The maximum atomic E-state index is 12.5. The molecule has 3 N–H and O–H groups in total. The fraction of sp³-hybridized carbons (Fsp3) is 0.250. The van der Waals surface area contributed by atoms with Crippen molar-refractivity contribution < 1.29 is 4.39 Å². The zero-order valence-electron chi connectivity index (χ0n) is 6.39. The maximum absolute atomic E-state index is 12.5. The van der Waals surface area contributed by atoms with E-state index in [9.17, 15) is 4.39 Å². The lowest BCUT2D eigenvalue weighted by molar-refractivity contribution is 0.624. The Hall–Kier alpha value is -0.930. The molecule has 0 saturated carbocycles. The van der Waals surface area contributed by atoms with Gasteiger partial charge in [-0.1, -0.05) is 6.07 Å². The zero-order valence-corrected chi connectivity index (χ0v) is 6.39. The van der Waals surface area contributed by atoms with Crippen LogP contribution in [0.4, 0.5) is 4.39 Å². The first-order valence-electron chi connectivity index (χ1n) is 3.42. The van der Waals surface area contributed by atoms with Crippen molar-refractivity contribution in [3.63, 3.8) is 0 Å². The maximum Gasteiger partial charge on any atom is 0.123 e. The molecule has 0 amide bonds. The van der Waals surface area contributed by atoms with Crippen LogP contribution in [0, 0.1) is 12.7 Å². The normalized spacial score (nSPS) is 10.1. The molecule has 60 valence electrons. The van der Waals surface area contributed by atoms with Crippen LogP contribution in [0.25, 0.3) is 0 Å². The van der Waals surface area contributed by atoms with Crippen molar-refractivity contribution >= 4 is 0 Å². The molecule has 3 heteroatoms. The van der Waals surface area contributed by atoms with Gasteiger partial charge in [0.1, 0.15) is 5.82 Å². The number of benzene rings is 1. The Labute approximate surface area is 65.2 Å². The summed E-state index contributed by atoms with van der Waals surface area (Å²) < 4.78 is 12.5. The Balaban J connectivity index is 2.90. The van der Waals surface area contributed by atoms with Gasteiger partial charge in [0.2, 0.25) is 0 Å². The number of nitrogens with one attached hydrogen (secondary N) is 1. The molecule has 1 aromatic carbocycles. The quantitative estimate of drug-likeness (QED) is 0.494. The second-order valence-corrected chi connectivity index (χ2v) is 2.45. The smallest absolute Gasteiger partial charge is 0.123 e. The lowest BCUT2D eigenvalue weighted by Gasteiger charge is -2.03. The first-order chi connectivity index (χ1) is 5.24. The third-order valence-corrected chi connectivity index (χ3v) is 1.60. The fourth-order valence-electron chi connectivity index (χ4n) is 0.968. The summed E-state index contributed by atoms with van der Waals surface area (Å²) in [5.74, 6) is 4.92. The summed E-state index contributed by atoms with van der Waals surface area (Å²) in [5, 5.41) is 0. The summed E-state index contributed by atoms with van der Waals surface area (Å²) in [6.07, 6.45) is 0. The van der Waals surface area contributed by atoms with Crippen LogP contribution in [0.2, 0.25) is 0 Å². The van der Waals surface area contributed by atoms with Gasteiger partial charge in [0.05, 0.1) is 0 Å². The first kappa shape index (κ1) is 8.17. The SMILES string of the molecule is Cc1cc(F)ccc1CNN. The fourth-order valence-corrected chi connectivity index (χ4v) is 0.968. The van der Waals surface area contributed by atoms with Crippen molar-refractivity contribution in [3.05, 3.63) is 35.1 Å². The number of halogens is 1. The molecule has 0 spiro atoms. The van der Waals surface area contributed by atoms with Crippen LogP contribution < -0.4 is 11.3 Å². The first-order valence-corrected chi connectivity index (χ1v) is 3.42. The van der Waals surface area contributed by atoms with E-state index in [0.29, 0.717) is 6.54 Å². The van der Waals surface area contributed by atoms with Gasteiger partial charge in [0, 0.05) is 6.54 Å². The molecule has 0 aliphatic rings. The highest BCUT2D eigenvalue weighted by molar-refractivity contribution is 5.26. The molecule has 0 saturated heterocycles. The standard InChI is InChI=1S/C8H11FN2/c1-6-4-8(9)3-2-7(6)5-11-10/h2-4,11H,5,10H2,1H3. The highest BCUT2D eigenvalue weighted by Gasteiger charge is 1.97. The van der Waals surface area contributed by atoms with Gasteiger partial charge < -0.3 is 0 Å². The second-order valence-electron chi connectivity index (χ2n) is 2.45. The monoisotopic (exact) mass is 154 g/mol. The molecule has 0 unspecified atom stereocenters. The van der Waals surface area contributed by atoms with Crippen molar-refractivity contribution in [1.29, 1.82) is 0 Å². The van der Waals surface area contributed by atoms with Crippen LogP contribution in [0.3, 0.4) is 0 Å². The van der Waals surface area contributed by atoms with E-state index in [1.54, 1.807) is 6.07 Å². The average molecular weight is 154 g/mol. The lowest BCUT2D eigenvalue weighted by atomic mass is 10.1. The molecule has 0 bridgehead atoms. The van der Waals surface area contributed by atoms with Crippen LogP contribution in [0.5, 0.6) is 0 Å². The molecule has 0 radical (unpaired) electrons. The van der Waals surface area contributed by atoms with Crippen molar-refractivity contribution in [1.82, 2.24) is 5.43 Å². The zero-order chi connectivity index (χ0) is 8.27. The Kier molecular flexibility index (Phi) is 2.57. The van der Waals surface area contributed by atoms with Gasteiger partial charge in [-0.2, -0.15) is 0 Å². The van der Waals surface area contributed by atoms with Crippen molar-refractivity contribution in [2.75, 3.05) is 0 Å². The Bertz CT molecular complexity index is 248. The molecule has 0 atom stereocenters. The van der Waals surface area contributed by atoms with Crippen LogP contribution in [0.15, 0.2) is 18.2 Å². The predicted octanol–water partition coefficient (Wildman–Crippen LogP) is 1.10. The Morgan fingerprint density at radius 2 is 2.27 bits per heavy atom. The van der Waals surface area contributed by atoms with Gasteiger partial charge in [-0.05, 0) is 30.2 Å². The van der Waals surface area contributed by atoms with E-state index in [0.717, 1.165) is 11.1 Å². The molecule has 1 rings (SSSR count). The predicted molar refractivity (Wildman–Crippen MR) is 42.2 cm³/mol. The highest BCUT2D eigenvalue weighted by Crippen LogP contribution is 2.08. The summed E-state index contributed by atoms with van der Waals surface area (Å²) in [6.45, 7) is 2.43. The summed E-state index contributed by atoms with van der Waals surface area (Å²) in [6, 6.07) is 4.65. The lowest BCUT2D eigenvalue weighted by Crippen LogP contribution is -2.21. The molecule has 1 aromatic rings. The third-order valence-electron chi connectivity index (χ3n) is 1.60. The summed E-state index contributed by atoms with van der Waals surface area (Å²) in [7, 11) is 0. The summed E-state index contributed by atoms with van der Waals surface area (Å²) >= 11 is 0. The van der Waals surface area contributed by atoms with Gasteiger partial charge in [-0.25, -0.2) is 4.39 Å². The number of nitrogens with two attached hydrogens (primary N) is 1. The van der Waals surface area contributed by atoms with Gasteiger partial charge in [0.25, 0.3) is 0 Å². The Morgan fingerprint density at radius 1 is 1.55 bits per heavy atom. The summed E-state index contributed by atoms with van der Waals surface area (Å²) in [5.41, 5.74) is 4.46. The van der Waals surface area contributed by atoms with Crippen LogP contribution in [0.1, 0.15) is 11.1 Å². The van der Waals surface area contributed by atoms with Crippen LogP contribution in [-0.2, 0) is 6.54 Å². The molecule has 0 aliphatic carbocycles. The molecule has 0 aromatic heterocycles. The van der Waals surface area contributed by atoms with Gasteiger partial charge in [0.15, 0.2) is 0 Å². The third kappa shape index (κ3) is 2.00. The van der Waals surface area contributed by atoms with E-state index >= 15 is 0 Å². The molecule has 11 heavy (non-hydrogen) atoms. The van der Waals surface area contributed by atoms with E-state index in [1.807, 2.05) is 6.92 Å². The number of rotatable bonds is 2. The Morgan fingerprint density at radius 3 is 2.82 bits per heavy atom. The number of aryl methyl sites for hydroxylation is 1. The van der Waals surface area contributed by atoms with E-state index < -0.39 is 0 Å². The molecular formula is C8H11FN2. The number of hydrogen-bond acceptors (Lipinski definition) is 2. The van der Waals surface area contributed by atoms with E-state index in [1.165, 1.54) is 12.1 Å². The number of hydrogen-bond donors (Lipinski definition) is 2. The molecule has 0 aliphatic heterocycles. The van der Waals surface area contributed by atoms with E-state index in [4.69, 9.17) is 5.84 Å². The van der Waals surface area contributed by atoms with Crippen molar-refractivity contribution in [2.24, 2.45) is 5.84 Å². The highest BCUT2D eigenvalue weighted by atomic mass is 19.1. The van der Waals surface area contributed by atoms with E-state index in [2.05, 4.69) is 5.43 Å². The minimum atomic E-state index is -0.205. The van der Waals surface area contributed by atoms with Gasteiger partial charge in [-0.15, -0.1) is 0 Å². The van der Waals surface area contributed by atoms with Crippen LogP contribution in [-0.4, -0.2) is 0 Å². The average Bonchev–Trinajstić information content (AvgIpc) is 1.95. The number of hydrazine groups is 1. The van der Waals surface area contributed by atoms with Gasteiger partial charge >= 0.3 is 0 Å². The van der Waals surface area contributed by atoms with E-state index in [-0.39, 0.29) is 5.82 Å². The largest absolute Gasteiger partial charge is 0.271 e. The molecular weight excluding hydrogens is 143 g/mol.